The van der Waals surface area contributed by atoms with E-state index in [-0.39, 0.29) is 11.3 Å². The first-order valence-electron chi connectivity index (χ1n) is 4.75. The summed E-state index contributed by atoms with van der Waals surface area (Å²) >= 11 is 0. The zero-order valence-corrected chi connectivity index (χ0v) is 8.55. The summed E-state index contributed by atoms with van der Waals surface area (Å²) in [6, 6.07) is 8.34. The SMILES string of the molecule is O=C(O)c1cn(C(F)F)nc1-c1ccccc1. The maximum Gasteiger partial charge on any atom is 0.339 e. The summed E-state index contributed by atoms with van der Waals surface area (Å²) in [5.74, 6) is -1.28. The van der Waals surface area contributed by atoms with Crippen LogP contribution < -0.4 is 0 Å². The third-order valence-electron chi connectivity index (χ3n) is 2.21. The van der Waals surface area contributed by atoms with Gasteiger partial charge in [-0.15, -0.1) is 0 Å². The van der Waals surface area contributed by atoms with E-state index < -0.39 is 12.5 Å². The Morgan fingerprint density at radius 1 is 1.29 bits per heavy atom. The smallest absolute Gasteiger partial charge is 0.339 e. The average Bonchev–Trinajstić information content (AvgIpc) is 2.75. The van der Waals surface area contributed by atoms with Crippen molar-refractivity contribution in [3.8, 4) is 11.3 Å². The number of carboxylic acids is 1. The van der Waals surface area contributed by atoms with Crippen molar-refractivity contribution in [1.29, 1.82) is 0 Å². The molecule has 1 N–H and O–H groups in total. The van der Waals surface area contributed by atoms with Gasteiger partial charge in [0.2, 0.25) is 0 Å². The Kier molecular flexibility index (Phi) is 2.86. The number of carboxylic acid groups (broad SMARTS) is 1. The molecule has 0 atom stereocenters. The van der Waals surface area contributed by atoms with Crippen molar-refractivity contribution in [3.05, 3.63) is 42.1 Å². The maximum atomic E-state index is 12.4. The van der Waals surface area contributed by atoms with Crippen LogP contribution in [0, 0.1) is 0 Å². The molecule has 0 unspecified atom stereocenters. The van der Waals surface area contributed by atoms with Crippen LogP contribution in [0.5, 0.6) is 0 Å². The predicted molar refractivity (Wildman–Crippen MR) is 55.9 cm³/mol. The van der Waals surface area contributed by atoms with Crippen LogP contribution in [-0.2, 0) is 0 Å². The molecule has 0 aliphatic carbocycles. The van der Waals surface area contributed by atoms with Gasteiger partial charge in [0.1, 0.15) is 11.3 Å². The number of halogens is 2. The minimum atomic E-state index is -2.86. The third-order valence-corrected chi connectivity index (χ3v) is 2.21. The molecule has 17 heavy (non-hydrogen) atoms. The van der Waals surface area contributed by atoms with Crippen molar-refractivity contribution in [2.24, 2.45) is 0 Å². The van der Waals surface area contributed by atoms with Crippen LogP contribution in [0.15, 0.2) is 36.5 Å². The average molecular weight is 238 g/mol. The molecule has 2 aromatic rings. The van der Waals surface area contributed by atoms with Gasteiger partial charge >= 0.3 is 12.5 Å². The lowest BCUT2D eigenvalue weighted by Crippen LogP contribution is -1.98. The highest BCUT2D eigenvalue weighted by molar-refractivity contribution is 5.94. The van der Waals surface area contributed by atoms with Crippen molar-refractivity contribution in [3.63, 3.8) is 0 Å². The van der Waals surface area contributed by atoms with E-state index in [4.69, 9.17) is 5.11 Å². The second-order valence-corrected chi connectivity index (χ2v) is 3.32. The van der Waals surface area contributed by atoms with Gasteiger partial charge in [-0.25, -0.2) is 9.48 Å². The van der Waals surface area contributed by atoms with Crippen molar-refractivity contribution in [2.75, 3.05) is 0 Å². The van der Waals surface area contributed by atoms with E-state index in [1.54, 1.807) is 30.3 Å². The van der Waals surface area contributed by atoms with Gasteiger partial charge in [-0.05, 0) is 0 Å². The molecule has 0 aliphatic heterocycles. The molecule has 0 saturated carbocycles. The Hall–Kier alpha value is -2.24. The van der Waals surface area contributed by atoms with Gasteiger partial charge in [-0.2, -0.15) is 13.9 Å². The third kappa shape index (κ3) is 2.15. The monoisotopic (exact) mass is 238 g/mol. The van der Waals surface area contributed by atoms with Gasteiger partial charge in [0.05, 0.1) is 0 Å². The summed E-state index contributed by atoms with van der Waals surface area (Å²) in [6.45, 7) is -2.86. The molecule has 0 bridgehead atoms. The van der Waals surface area contributed by atoms with Crippen molar-refractivity contribution < 1.29 is 18.7 Å². The molecule has 1 heterocycles. The van der Waals surface area contributed by atoms with Gasteiger partial charge in [-0.3, -0.25) is 0 Å². The van der Waals surface area contributed by atoms with Crippen LogP contribution in [0.25, 0.3) is 11.3 Å². The molecule has 0 spiro atoms. The van der Waals surface area contributed by atoms with Crippen LogP contribution in [-0.4, -0.2) is 20.9 Å². The van der Waals surface area contributed by atoms with Crippen LogP contribution in [0.2, 0.25) is 0 Å². The fraction of sp³-hybridized carbons (Fsp3) is 0.0909. The molecule has 88 valence electrons. The number of aromatic carboxylic acids is 1. The Labute approximate surface area is 95.1 Å². The first kappa shape index (κ1) is 11.3. The number of hydrogen-bond acceptors (Lipinski definition) is 2. The summed E-state index contributed by atoms with van der Waals surface area (Å²) in [7, 11) is 0. The zero-order valence-electron chi connectivity index (χ0n) is 8.55. The van der Waals surface area contributed by atoms with Crippen molar-refractivity contribution in [1.82, 2.24) is 9.78 Å². The highest BCUT2D eigenvalue weighted by Gasteiger charge is 2.19. The second kappa shape index (κ2) is 4.32. The van der Waals surface area contributed by atoms with E-state index in [1.807, 2.05) is 0 Å². The largest absolute Gasteiger partial charge is 0.478 e. The standard InChI is InChI=1S/C11H8F2N2O2/c12-11(13)15-6-8(10(16)17)9(14-15)7-4-2-1-3-5-7/h1-6,11H,(H,16,17). The summed E-state index contributed by atoms with van der Waals surface area (Å²) in [5.41, 5.74) is 0.291. The molecule has 1 aromatic heterocycles. The summed E-state index contributed by atoms with van der Waals surface area (Å²) in [5, 5.41) is 12.5. The number of alkyl halides is 2. The molecule has 4 nitrogen and oxygen atoms in total. The first-order chi connectivity index (χ1) is 8.09. The van der Waals surface area contributed by atoms with Crippen molar-refractivity contribution in [2.45, 2.75) is 6.55 Å². The lowest BCUT2D eigenvalue weighted by atomic mass is 10.1. The fourth-order valence-corrected chi connectivity index (χ4v) is 1.46. The van der Waals surface area contributed by atoms with Crippen LogP contribution in [0.3, 0.4) is 0 Å². The quantitative estimate of drug-likeness (QED) is 0.894. The molecule has 0 saturated heterocycles. The Balaban J connectivity index is 2.56. The summed E-state index contributed by atoms with van der Waals surface area (Å²) in [6.07, 6.45) is 0.829. The Morgan fingerprint density at radius 3 is 2.47 bits per heavy atom. The fourth-order valence-electron chi connectivity index (χ4n) is 1.46. The molecule has 6 heteroatoms. The van der Waals surface area contributed by atoms with Crippen LogP contribution in [0.4, 0.5) is 8.78 Å². The number of hydrogen-bond donors (Lipinski definition) is 1. The number of nitrogens with zero attached hydrogens (tertiary/aromatic N) is 2. The van der Waals surface area contributed by atoms with E-state index in [0.29, 0.717) is 10.2 Å². The normalized spacial score (nSPS) is 10.8. The molecule has 2 rings (SSSR count). The van der Waals surface area contributed by atoms with Gasteiger partial charge in [0.25, 0.3) is 0 Å². The van der Waals surface area contributed by atoms with E-state index >= 15 is 0 Å². The Bertz CT molecular complexity index is 538. The Morgan fingerprint density at radius 2 is 1.94 bits per heavy atom. The highest BCUT2D eigenvalue weighted by atomic mass is 19.3. The second-order valence-electron chi connectivity index (χ2n) is 3.32. The molecule has 0 radical (unpaired) electrons. The topological polar surface area (TPSA) is 55.1 Å². The van der Waals surface area contributed by atoms with Gasteiger partial charge < -0.3 is 5.11 Å². The predicted octanol–water partition coefficient (Wildman–Crippen LogP) is 2.64. The van der Waals surface area contributed by atoms with Gasteiger partial charge in [0.15, 0.2) is 0 Å². The first-order valence-corrected chi connectivity index (χ1v) is 4.75. The van der Waals surface area contributed by atoms with Crippen molar-refractivity contribution >= 4 is 5.97 Å². The highest BCUT2D eigenvalue weighted by Crippen LogP contribution is 2.24. The molecule has 1 aromatic carbocycles. The minimum Gasteiger partial charge on any atom is -0.478 e. The van der Waals surface area contributed by atoms with Gasteiger partial charge in [0, 0.05) is 11.8 Å². The number of carbonyl (C=O) groups is 1. The van der Waals surface area contributed by atoms with E-state index in [9.17, 15) is 13.6 Å². The zero-order chi connectivity index (χ0) is 12.4. The number of aromatic nitrogens is 2. The maximum absolute atomic E-state index is 12.4. The van der Waals surface area contributed by atoms with Crippen LogP contribution >= 0.6 is 0 Å². The summed E-state index contributed by atoms with van der Waals surface area (Å²) < 4.78 is 25.2. The minimum absolute atomic E-state index is 0.0402. The lowest BCUT2D eigenvalue weighted by molar-refractivity contribution is 0.0565. The molecular weight excluding hydrogens is 230 g/mol. The number of rotatable bonds is 3. The molecular formula is C11H8F2N2O2. The number of benzene rings is 1. The molecule has 0 amide bonds. The van der Waals surface area contributed by atoms with E-state index in [1.165, 1.54) is 0 Å². The summed E-state index contributed by atoms with van der Waals surface area (Å²) in [4.78, 5) is 10.9. The van der Waals surface area contributed by atoms with Gasteiger partial charge in [-0.1, -0.05) is 30.3 Å². The van der Waals surface area contributed by atoms with Crippen LogP contribution in [0.1, 0.15) is 16.9 Å². The van der Waals surface area contributed by atoms with E-state index in [2.05, 4.69) is 5.10 Å². The lowest BCUT2D eigenvalue weighted by Gasteiger charge is -1.98. The molecule has 0 fully saturated rings. The van der Waals surface area contributed by atoms with E-state index in [0.717, 1.165) is 6.20 Å². The molecule has 0 aliphatic rings.